The molecule has 1 fully saturated rings. The van der Waals surface area contributed by atoms with Gasteiger partial charge in [-0.1, -0.05) is 46.3 Å². The Bertz CT molecular complexity index is 1030. The summed E-state index contributed by atoms with van der Waals surface area (Å²) in [5.41, 5.74) is 1.38. The Hall–Kier alpha value is -2.51. The van der Waals surface area contributed by atoms with Crippen molar-refractivity contribution in [2.75, 3.05) is 19.7 Å². The van der Waals surface area contributed by atoms with Crippen LogP contribution in [0.2, 0.25) is 0 Å². The standard InChI is InChI=1S/C20H18BrN3O3/c21-14-7-5-13(6-8-14)18-12-24(9-10-27-18)19(25)11-17-15-3-1-2-4-16(15)20(26)23-22-17/h1-8,18H,9-12H2,(H,23,26). The Morgan fingerprint density at radius 3 is 2.70 bits per heavy atom. The molecule has 7 heteroatoms. The van der Waals surface area contributed by atoms with Gasteiger partial charge in [0, 0.05) is 16.4 Å². The van der Waals surface area contributed by atoms with Gasteiger partial charge in [0.1, 0.15) is 6.10 Å². The molecule has 0 radical (unpaired) electrons. The van der Waals surface area contributed by atoms with E-state index in [0.717, 1.165) is 10.0 Å². The number of amides is 1. The van der Waals surface area contributed by atoms with E-state index < -0.39 is 0 Å². The largest absolute Gasteiger partial charge is 0.370 e. The van der Waals surface area contributed by atoms with Crippen molar-refractivity contribution in [3.63, 3.8) is 0 Å². The van der Waals surface area contributed by atoms with Crippen molar-refractivity contribution in [1.82, 2.24) is 15.1 Å². The predicted molar refractivity (Wildman–Crippen MR) is 105 cm³/mol. The number of halogens is 1. The number of ether oxygens (including phenoxy) is 1. The van der Waals surface area contributed by atoms with E-state index in [1.54, 1.807) is 17.0 Å². The number of hydrogen-bond donors (Lipinski definition) is 1. The Kier molecular flexibility index (Phi) is 5.05. The molecule has 1 atom stereocenters. The first kappa shape index (κ1) is 17.9. The average Bonchev–Trinajstić information content (AvgIpc) is 2.71. The van der Waals surface area contributed by atoms with Crippen molar-refractivity contribution < 1.29 is 9.53 Å². The number of morpholine rings is 1. The first-order valence-corrected chi connectivity index (χ1v) is 9.52. The van der Waals surface area contributed by atoms with Crippen LogP contribution in [-0.2, 0) is 16.0 Å². The van der Waals surface area contributed by atoms with E-state index in [4.69, 9.17) is 4.74 Å². The predicted octanol–water partition coefficient (Wildman–Crippen LogP) is 2.83. The minimum Gasteiger partial charge on any atom is -0.370 e. The van der Waals surface area contributed by atoms with Crippen LogP contribution in [0.25, 0.3) is 10.8 Å². The molecule has 3 aromatic rings. The summed E-state index contributed by atoms with van der Waals surface area (Å²) in [6.07, 6.45) is 0.000690. The lowest BCUT2D eigenvalue weighted by Gasteiger charge is -2.33. The number of fused-ring (bicyclic) bond motifs is 1. The molecule has 138 valence electrons. The van der Waals surface area contributed by atoms with E-state index in [1.165, 1.54) is 0 Å². The second-order valence-corrected chi connectivity index (χ2v) is 7.39. The molecule has 1 aliphatic heterocycles. The average molecular weight is 428 g/mol. The summed E-state index contributed by atoms with van der Waals surface area (Å²) in [7, 11) is 0. The van der Waals surface area contributed by atoms with E-state index in [-0.39, 0.29) is 24.0 Å². The van der Waals surface area contributed by atoms with E-state index in [9.17, 15) is 9.59 Å². The lowest BCUT2D eigenvalue weighted by atomic mass is 10.1. The molecule has 1 saturated heterocycles. The van der Waals surface area contributed by atoms with Crippen LogP contribution in [0.5, 0.6) is 0 Å². The molecule has 4 rings (SSSR count). The third-order valence-electron chi connectivity index (χ3n) is 4.75. The van der Waals surface area contributed by atoms with Crippen LogP contribution in [0.3, 0.4) is 0 Å². The number of carbonyl (C=O) groups is 1. The number of aromatic nitrogens is 2. The van der Waals surface area contributed by atoms with E-state index in [1.807, 2.05) is 36.4 Å². The molecule has 2 aromatic carbocycles. The van der Waals surface area contributed by atoms with Crippen LogP contribution in [0, 0.1) is 0 Å². The van der Waals surface area contributed by atoms with Crippen molar-refractivity contribution in [2.24, 2.45) is 0 Å². The minimum absolute atomic E-state index is 0.0230. The van der Waals surface area contributed by atoms with E-state index in [2.05, 4.69) is 26.1 Å². The molecule has 0 aliphatic carbocycles. The zero-order valence-corrected chi connectivity index (χ0v) is 16.1. The fraction of sp³-hybridized carbons (Fsp3) is 0.250. The Balaban J connectivity index is 1.52. The summed E-state index contributed by atoms with van der Waals surface area (Å²) >= 11 is 3.43. The van der Waals surface area contributed by atoms with E-state index >= 15 is 0 Å². The lowest BCUT2D eigenvalue weighted by Crippen LogP contribution is -2.43. The topological polar surface area (TPSA) is 75.3 Å². The maximum atomic E-state index is 12.9. The molecule has 0 spiro atoms. The van der Waals surface area contributed by atoms with Gasteiger partial charge in [-0.05, 0) is 23.8 Å². The number of carbonyl (C=O) groups excluding carboxylic acids is 1. The lowest BCUT2D eigenvalue weighted by molar-refractivity contribution is -0.138. The number of hydrogen-bond acceptors (Lipinski definition) is 4. The first-order valence-electron chi connectivity index (χ1n) is 8.73. The van der Waals surface area contributed by atoms with Crippen LogP contribution in [0.15, 0.2) is 57.8 Å². The monoisotopic (exact) mass is 427 g/mol. The molecule has 0 bridgehead atoms. The van der Waals surface area contributed by atoms with Gasteiger partial charge in [-0.3, -0.25) is 9.59 Å². The van der Waals surface area contributed by atoms with Gasteiger partial charge in [-0.25, -0.2) is 5.10 Å². The van der Waals surface area contributed by atoms with Crippen LogP contribution in [0.4, 0.5) is 0 Å². The Labute approximate surface area is 164 Å². The van der Waals surface area contributed by atoms with Gasteiger partial charge in [-0.15, -0.1) is 0 Å². The zero-order valence-electron chi connectivity index (χ0n) is 14.5. The fourth-order valence-electron chi connectivity index (χ4n) is 3.32. The molecule has 2 heterocycles. The fourth-order valence-corrected chi connectivity index (χ4v) is 3.58. The number of rotatable bonds is 3. The Morgan fingerprint density at radius 1 is 1.19 bits per heavy atom. The highest BCUT2D eigenvalue weighted by Gasteiger charge is 2.26. The third-order valence-corrected chi connectivity index (χ3v) is 5.28. The molecular weight excluding hydrogens is 410 g/mol. The third kappa shape index (κ3) is 3.79. The number of benzene rings is 2. The van der Waals surface area contributed by atoms with Crippen molar-refractivity contribution >= 4 is 32.6 Å². The van der Waals surface area contributed by atoms with Gasteiger partial charge in [0.2, 0.25) is 5.91 Å². The summed E-state index contributed by atoms with van der Waals surface area (Å²) in [6.45, 7) is 1.54. The van der Waals surface area contributed by atoms with Gasteiger partial charge in [-0.2, -0.15) is 5.10 Å². The highest BCUT2D eigenvalue weighted by atomic mass is 79.9. The molecule has 6 nitrogen and oxygen atoms in total. The van der Waals surface area contributed by atoms with Gasteiger partial charge in [0.15, 0.2) is 0 Å². The molecule has 1 aromatic heterocycles. The first-order chi connectivity index (χ1) is 13.1. The summed E-state index contributed by atoms with van der Waals surface area (Å²) in [5.74, 6) is -0.0230. The van der Waals surface area contributed by atoms with Gasteiger partial charge in [0.25, 0.3) is 5.56 Å². The summed E-state index contributed by atoms with van der Waals surface area (Å²) in [6, 6.07) is 15.1. The summed E-state index contributed by atoms with van der Waals surface area (Å²) in [4.78, 5) is 26.6. The van der Waals surface area contributed by atoms with Gasteiger partial charge in [0.05, 0.1) is 30.7 Å². The van der Waals surface area contributed by atoms with Crippen molar-refractivity contribution in [3.8, 4) is 0 Å². The van der Waals surface area contributed by atoms with Crippen LogP contribution < -0.4 is 5.56 Å². The maximum absolute atomic E-state index is 12.9. The van der Waals surface area contributed by atoms with Crippen LogP contribution >= 0.6 is 15.9 Å². The molecule has 1 unspecified atom stereocenters. The molecule has 27 heavy (non-hydrogen) atoms. The number of nitrogens with zero attached hydrogens (tertiary/aromatic N) is 2. The summed E-state index contributed by atoms with van der Waals surface area (Å²) in [5, 5.41) is 7.85. The highest BCUT2D eigenvalue weighted by molar-refractivity contribution is 9.10. The molecule has 1 N–H and O–H groups in total. The molecular formula is C20H18BrN3O3. The quantitative estimate of drug-likeness (QED) is 0.697. The molecule has 0 saturated carbocycles. The SMILES string of the molecule is O=C(Cc1n[nH]c(=O)c2ccccc12)N1CCOC(c2ccc(Br)cc2)C1. The minimum atomic E-state index is -0.247. The normalized spacial score (nSPS) is 17.2. The number of aromatic amines is 1. The van der Waals surface area contributed by atoms with Gasteiger partial charge < -0.3 is 9.64 Å². The maximum Gasteiger partial charge on any atom is 0.272 e. The zero-order chi connectivity index (χ0) is 18.8. The van der Waals surface area contributed by atoms with Crippen molar-refractivity contribution in [3.05, 3.63) is 74.6 Å². The van der Waals surface area contributed by atoms with E-state index in [0.29, 0.717) is 36.2 Å². The smallest absolute Gasteiger partial charge is 0.272 e. The number of nitrogens with one attached hydrogen (secondary N) is 1. The van der Waals surface area contributed by atoms with Gasteiger partial charge >= 0.3 is 0 Å². The molecule has 1 aliphatic rings. The number of H-pyrrole nitrogens is 1. The second kappa shape index (κ2) is 7.62. The molecule has 1 amide bonds. The van der Waals surface area contributed by atoms with Crippen molar-refractivity contribution in [2.45, 2.75) is 12.5 Å². The van der Waals surface area contributed by atoms with Crippen molar-refractivity contribution in [1.29, 1.82) is 0 Å². The second-order valence-electron chi connectivity index (χ2n) is 6.47. The summed E-state index contributed by atoms with van der Waals surface area (Å²) < 4.78 is 6.85. The van der Waals surface area contributed by atoms with Crippen LogP contribution in [0.1, 0.15) is 17.4 Å². The Morgan fingerprint density at radius 2 is 1.93 bits per heavy atom. The highest BCUT2D eigenvalue weighted by Crippen LogP contribution is 2.24. The van der Waals surface area contributed by atoms with Crippen LogP contribution in [-0.4, -0.2) is 40.7 Å².